The van der Waals surface area contributed by atoms with Gasteiger partial charge >= 0.3 is 0 Å². The Kier molecular flexibility index (Phi) is 3.71. The second-order valence-corrected chi connectivity index (χ2v) is 8.00. The Morgan fingerprint density at radius 1 is 1.33 bits per heavy atom. The zero-order valence-corrected chi connectivity index (χ0v) is 16.3. The summed E-state index contributed by atoms with van der Waals surface area (Å²) in [6.45, 7) is 1.33. The number of aromatic nitrogens is 3. The summed E-state index contributed by atoms with van der Waals surface area (Å²) in [5.41, 5.74) is 11.2. The van der Waals surface area contributed by atoms with Crippen LogP contribution < -0.4 is 11.1 Å². The molecule has 0 radical (unpaired) electrons. The van der Waals surface area contributed by atoms with Crippen molar-refractivity contribution in [3.05, 3.63) is 65.2 Å². The van der Waals surface area contributed by atoms with Gasteiger partial charge in [0.2, 0.25) is 5.91 Å². The van der Waals surface area contributed by atoms with E-state index in [1.165, 1.54) is 5.57 Å². The minimum absolute atomic E-state index is 0.287. The van der Waals surface area contributed by atoms with Crippen molar-refractivity contribution in [1.82, 2.24) is 24.8 Å². The van der Waals surface area contributed by atoms with Gasteiger partial charge in [-0.25, -0.2) is 14.5 Å². The topological polar surface area (TPSA) is 110 Å². The highest BCUT2D eigenvalue weighted by molar-refractivity contribution is 6.01. The maximum atomic E-state index is 12.0. The fraction of sp³-hybridized carbons (Fsp3) is 0.333. The number of rotatable bonds is 5. The molecule has 1 amide bonds. The van der Waals surface area contributed by atoms with Gasteiger partial charge < -0.3 is 20.7 Å². The lowest BCUT2D eigenvalue weighted by Gasteiger charge is -2.30. The molecule has 2 aromatic rings. The average molecular weight is 403 g/mol. The van der Waals surface area contributed by atoms with E-state index in [1.54, 1.807) is 17.0 Å². The summed E-state index contributed by atoms with van der Waals surface area (Å²) in [6, 6.07) is 3.40. The Bertz CT molecular complexity index is 1180. The lowest BCUT2D eigenvalue weighted by atomic mass is 10.0. The number of amidine groups is 1. The molecule has 1 aliphatic carbocycles. The maximum absolute atomic E-state index is 12.0. The number of ether oxygens (including phenoxy) is 1. The molecule has 0 saturated heterocycles. The smallest absolute Gasteiger partial charge is 0.240 e. The third-order valence-electron chi connectivity index (χ3n) is 6.02. The second kappa shape index (κ2) is 6.45. The van der Waals surface area contributed by atoms with Crippen LogP contribution in [0.25, 0.3) is 5.65 Å². The van der Waals surface area contributed by atoms with Crippen LogP contribution >= 0.6 is 0 Å². The van der Waals surface area contributed by atoms with E-state index in [9.17, 15) is 4.79 Å². The molecule has 4 aliphatic rings. The number of primary amides is 1. The molecule has 0 aromatic carbocycles. The van der Waals surface area contributed by atoms with Crippen molar-refractivity contribution in [2.45, 2.75) is 25.3 Å². The molecule has 9 heteroatoms. The zero-order valence-electron chi connectivity index (χ0n) is 16.3. The minimum atomic E-state index is -0.394. The van der Waals surface area contributed by atoms with E-state index in [0.717, 1.165) is 60.0 Å². The van der Waals surface area contributed by atoms with Crippen LogP contribution in [-0.4, -0.2) is 50.4 Å². The first-order chi connectivity index (χ1) is 14.7. The first kappa shape index (κ1) is 17.3. The van der Waals surface area contributed by atoms with Gasteiger partial charge in [-0.15, -0.1) is 0 Å². The lowest BCUT2D eigenvalue weighted by molar-refractivity contribution is -0.120. The van der Waals surface area contributed by atoms with Crippen molar-refractivity contribution in [1.29, 1.82) is 0 Å². The van der Waals surface area contributed by atoms with Crippen LogP contribution in [0.2, 0.25) is 0 Å². The third-order valence-corrected chi connectivity index (χ3v) is 6.02. The number of fused-ring (bicyclic) bond motifs is 1. The van der Waals surface area contributed by atoms with Crippen LogP contribution in [0, 0.1) is 5.92 Å². The highest BCUT2D eigenvalue weighted by Gasteiger charge is 2.39. The Hall–Kier alpha value is -3.62. The van der Waals surface area contributed by atoms with Crippen LogP contribution in [-0.2, 0) is 9.53 Å². The summed E-state index contributed by atoms with van der Waals surface area (Å²) in [4.78, 5) is 23.6. The fourth-order valence-electron chi connectivity index (χ4n) is 4.37. The van der Waals surface area contributed by atoms with Gasteiger partial charge in [0.05, 0.1) is 17.6 Å². The van der Waals surface area contributed by atoms with Crippen LogP contribution in [0.5, 0.6) is 0 Å². The van der Waals surface area contributed by atoms with Gasteiger partial charge in [0.15, 0.2) is 11.5 Å². The number of carbonyl (C=O) groups is 1. The Morgan fingerprint density at radius 3 is 3.07 bits per heavy atom. The molecule has 0 bridgehead atoms. The molecule has 9 nitrogen and oxygen atoms in total. The Morgan fingerprint density at radius 2 is 2.23 bits per heavy atom. The number of nitrogens with two attached hydrogens (primary N) is 1. The summed E-state index contributed by atoms with van der Waals surface area (Å²) in [5.74, 6) is 0.760. The van der Waals surface area contributed by atoms with Crippen LogP contribution in [0.4, 0.5) is 0 Å². The quantitative estimate of drug-likeness (QED) is 0.772. The summed E-state index contributed by atoms with van der Waals surface area (Å²) >= 11 is 0. The van der Waals surface area contributed by atoms with Crippen LogP contribution in [0.1, 0.15) is 25.0 Å². The first-order valence-corrected chi connectivity index (χ1v) is 10.2. The van der Waals surface area contributed by atoms with Crippen LogP contribution in [0.15, 0.2) is 64.5 Å². The summed E-state index contributed by atoms with van der Waals surface area (Å²) in [6.07, 6.45) is 10.1. The predicted octanol–water partition coefficient (Wildman–Crippen LogP) is 1.06. The SMILES string of the molecule is NC(=O)C(NC1=COCC2=C3C1=CN=C(c1ccn4nccc4n1)N3CC2)C1CC1. The molecule has 30 heavy (non-hydrogen) atoms. The first-order valence-electron chi connectivity index (χ1n) is 10.2. The van der Waals surface area contributed by atoms with E-state index >= 15 is 0 Å². The van der Waals surface area contributed by atoms with Crippen LogP contribution in [0.3, 0.4) is 0 Å². The van der Waals surface area contributed by atoms with Gasteiger partial charge in [-0.3, -0.25) is 4.79 Å². The normalized spacial score (nSPS) is 21.3. The van der Waals surface area contributed by atoms with Crippen molar-refractivity contribution >= 4 is 17.4 Å². The van der Waals surface area contributed by atoms with Crippen molar-refractivity contribution < 1.29 is 9.53 Å². The van der Waals surface area contributed by atoms with E-state index in [0.29, 0.717) is 6.61 Å². The number of amides is 1. The van der Waals surface area contributed by atoms with Crippen molar-refractivity contribution in [3.8, 4) is 0 Å². The lowest BCUT2D eigenvalue weighted by Crippen LogP contribution is -2.43. The molecule has 1 atom stereocenters. The molecule has 2 aromatic heterocycles. The van der Waals surface area contributed by atoms with E-state index in [-0.39, 0.29) is 11.8 Å². The van der Waals surface area contributed by atoms with Gasteiger partial charge in [0, 0.05) is 30.6 Å². The summed E-state index contributed by atoms with van der Waals surface area (Å²) in [5, 5.41) is 7.55. The van der Waals surface area contributed by atoms with Crippen molar-refractivity contribution in [3.63, 3.8) is 0 Å². The average Bonchev–Trinajstić information content (AvgIpc) is 3.36. The molecule has 3 N–H and O–H groups in total. The number of nitrogens with zero attached hydrogens (tertiary/aromatic N) is 5. The number of nitrogens with one attached hydrogen (secondary N) is 1. The highest BCUT2D eigenvalue weighted by atomic mass is 16.5. The maximum Gasteiger partial charge on any atom is 0.240 e. The molecule has 152 valence electrons. The van der Waals surface area contributed by atoms with Crippen molar-refractivity contribution in [2.75, 3.05) is 13.2 Å². The van der Waals surface area contributed by atoms with E-state index in [1.807, 2.05) is 24.5 Å². The molecule has 6 rings (SSSR count). The molecule has 5 heterocycles. The molecule has 1 unspecified atom stereocenters. The standard InChI is InChI=1S/C21H21N7O2/c22-20(29)18(12-1-2-12)26-16-11-30-10-13-4-7-27-19(13)14(16)9-23-21(27)15-5-8-28-17(25-15)3-6-24-28/h3,5-6,8-9,11-12,18,26H,1-2,4,7,10H2,(H2,22,29). The molecule has 0 spiro atoms. The van der Waals surface area contributed by atoms with Gasteiger partial charge in [0.1, 0.15) is 24.6 Å². The summed E-state index contributed by atoms with van der Waals surface area (Å²) in [7, 11) is 0. The second-order valence-electron chi connectivity index (χ2n) is 8.00. The Balaban J connectivity index is 1.40. The largest absolute Gasteiger partial charge is 0.495 e. The number of hydrogen-bond donors (Lipinski definition) is 2. The number of aliphatic imine (C=N–C) groups is 1. The Labute approximate surface area is 172 Å². The molecule has 3 aliphatic heterocycles. The molecule has 1 saturated carbocycles. The van der Waals surface area contributed by atoms with Gasteiger partial charge in [-0.2, -0.15) is 5.10 Å². The fourth-order valence-corrected chi connectivity index (χ4v) is 4.37. The zero-order chi connectivity index (χ0) is 20.2. The van der Waals surface area contributed by atoms with E-state index in [4.69, 9.17) is 20.4 Å². The molecule has 1 fully saturated rings. The van der Waals surface area contributed by atoms with E-state index < -0.39 is 6.04 Å². The molecular weight excluding hydrogens is 382 g/mol. The summed E-state index contributed by atoms with van der Waals surface area (Å²) < 4.78 is 7.55. The predicted molar refractivity (Wildman–Crippen MR) is 109 cm³/mol. The minimum Gasteiger partial charge on any atom is -0.495 e. The number of hydrogen-bond acceptors (Lipinski definition) is 7. The molecular formula is C21H21N7O2. The monoisotopic (exact) mass is 403 g/mol. The van der Waals surface area contributed by atoms with Gasteiger partial charge in [-0.1, -0.05) is 0 Å². The highest BCUT2D eigenvalue weighted by Crippen LogP contribution is 2.39. The van der Waals surface area contributed by atoms with Gasteiger partial charge in [-0.05, 0) is 36.8 Å². The van der Waals surface area contributed by atoms with Gasteiger partial charge in [0.25, 0.3) is 0 Å². The van der Waals surface area contributed by atoms with Crippen molar-refractivity contribution in [2.24, 2.45) is 16.6 Å². The van der Waals surface area contributed by atoms with E-state index in [2.05, 4.69) is 15.3 Å². The third kappa shape index (κ3) is 2.69. The number of carbonyl (C=O) groups excluding carboxylic acids is 1.